The molecule has 0 aliphatic rings. The minimum atomic E-state index is -0.572. The summed E-state index contributed by atoms with van der Waals surface area (Å²) in [7, 11) is 3.16. The van der Waals surface area contributed by atoms with Gasteiger partial charge in [-0.25, -0.2) is 0 Å². The van der Waals surface area contributed by atoms with Crippen molar-refractivity contribution in [2.24, 2.45) is 5.73 Å². The van der Waals surface area contributed by atoms with Crippen LogP contribution in [0.15, 0.2) is 48.5 Å². The Morgan fingerprint density at radius 2 is 1.74 bits per heavy atom. The summed E-state index contributed by atoms with van der Waals surface area (Å²) in [5.41, 5.74) is 7.92. The van der Waals surface area contributed by atoms with Crippen molar-refractivity contribution in [3.8, 4) is 11.5 Å². The molecule has 0 saturated heterocycles. The van der Waals surface area contributed by atoms with E-state index in [4.69, 9.17) is 15.2 Å². The zero-order chi connectivity index (χ0) is 16.7. The number of hydrogen-bond donors (Lipinski definition) is 2. The first-order valence-corrected chi connectivity index (χ1v) is 7.42. The highest BCUT2D eigenvalue weighted by atomic mass is 16.5. The van der Waals surface area contributed by atoms with Crippen molar-refractivity contribution in [1.29, 1.82) is 0 Å². The number of methoxy groups -OCH3 is 2. The van der Waals surface area contributed by atoms with Gasteiger partial charge in [-0.15, -0.1) is 0 Å². The minimum absolute atomic E-state index is 0.177. The number of ether oxygens (including phenoxy) is 2. The van der Waals surface area contributed by atoms with E-state index in [-0.39, 0.29) is 5.91 Å². The van der Waals surface area contributed by atoms with Gasteiger partial charge in [-0.05, 0) is 29.7 Å². The zero-order valence-electron chi connectivity index (χ0n) is 13.4. The van der Waals surface area contributed by atoms with Gasteiger partial charge in [-0.1, -0.05) is 36.4 Å². The van der Waals surface area contributed by atoms with Crippen molar-refractivity contribution in [2.45, 2.75) is 19.0 Å². The average molecular weight is 314 g/mol. The Kier molecular flexibility index (Phi) is 6.00. The zero-order valence-corrected chi connectivity index (χ0v) is 13.4. The van der Waals surface area contributed by atoms with E-state index in [9.17, 15) is 4.79 Å². The van der Waals surface area contributed by atoms with E-state index in [2.05, 4.69) is 5.32 Å². The maximum Gasteiger partial charge on any atom is 0.237 e. The van der Waals surface area contributed by atoms with Crippen molar-refractivity contribution in [1.82, 2.24) is 5.32 Å². The van der Waals surface area contributed by atoms with Gasteiger partial charge in [-0.2, -0.15) is 0 Å². The van der Waals surface area contributed by atoms with Gasteiger partial charge in [0.1, 0.15) is 0 Å². The lowest BCUT2D eigenvalue weighted by Gasteiger charge is -2.13. The third-order valence-electron chi connectivity index (χ3n) is 3.55. The lowest BCUT2D eigenvalue weighted by atomic mass is 10.1. The highest BCUT2D eigenvalue weighted by Crippen LogP contribution is 2.27. The molecule has 2 aromatic carbocycles. The van der Waals surface area contributed by atoms with Crippen LogP contribution in [-0.2, 0) is 17.8 Å². The number of carbonyl (C=O) groups is 1. The van der Waals surface area contributed by atoms with Gasteiger partial charge in [0, 0.05) is 6.54 Å². The topological polar surface area (TPSA) is 73.6 Å². The molecule has 0 aliphatic heterocycles. The summed E-state index contributed by atoms with van der Waals surface area (Å²) in [4.78, 5) is 12.1. The van der Waals surface area contributed by atoms with Crippen LogP contribution >= 0.6 is 0 Å². The van der Waals surface area contributed by atoms with Crippen LogP contribution in [-0.4, -0.2) is 26.2 Å². The number of benzene rings is 2. The van der Waals surface area contributed by atoms with E-state index in [1.807, 2.05) is 48.5 Å². The summed E-state index contributed by atoms with van der Waals surface area (Å²) in [6.07, 6.45) is 0.513. The van der Waals surface area contributed by atoms with E-state index >= 15 is 0 Å². The minimum Gasteiger partial charge on any atom is -0.493 e. The highest BCUT2D eigenvalue weighted by molar-refractivity contribution is 5.81. The molecule has 0 saturated carbocycles. The Bertz CT molecular complexity index is 644. The molecule has 23 heavy (non-hydrogen) atoms. The molecule has 0 bridgehead atoms. The summed E-state index contributed by atoms with van der Waals surface area (Å²) >= 11 is 0. The van der Waals surface area contributed by atoms with Crippen molar-refractivity contribution < 1.29 is 14.3 Å². The lowest BCUT2D eigenvalue weighted by Crippen LogP contribution is -2.41. The van der Waals surface area contributed by atoms with Crippen LogP contribution in [0.3, 0.4) is 0 Å². The van der Waals surface area contributed by atoms with E-state index < -0.39 is 6.04 Å². The van der Waals surface area contributed by atoms with Crippen LogP contribution in [0.1, 0.15) is 11.1 Å². The molecular formula is C18H22N2O3. The van der Waals surface area contributed by atoms with Crippen molar-refractivity contribution in [3.05, 3.63) is 59.7 Å². The molecule has 122 valence electrons. The summed E-state index contributed by atoms with van der Waals surface area (Å²) < 4.78 is 10.4. The number of hydrogen-bond acceptors (Lipinski definition) is 4. The third-order valence-corrected chi connectivity index (χ3v) is 3.55. The van der Waals surface area contributed by atoms with Crippen LogP contribution in [0.25, 0.3) is 0 Å². The van der Waals surface area contributed by atoms with Crippen LogP contribution in [0.2, 0.25) is 0 Å². The fraction of sp³-hybridized carbons (Fsp3) is 0.278. The molecule has 3 N–H and O–H groups in total. The van der Waals surface area contributed by atoms with Crippen LogP contribution in [0, 0.1) is 0 Å². The van der Waals surface area contributed by atoms with Crippen molar-refractivity contribution >= 4 is 5.91 Å². The highest BCUT2D eigenvalue weighted by Gasteiger charge is 2.14. The van der Waals surface area contributed by atoms with Gasteiger partial charge < -0.3 is 20.5 Å². The van der Waals surface area contributed by atoms with Crippen molar-refractivity contribution in [3.63, 3.8) is 0 Å². The van der Waals surface area contributed by atoms with E-state index in [0.717, 1.165) is 11.1 Å². The third kappa shape index (κ3) is 4.72. The standard InChI is InChI=1S/C18H22N2O3/c1-22-16-9-8-14(11-17(16)23-2)12-20-18(21)15(19)10-13-6-4-3-5-7-13/h3-9,11,15H,10,12,19H2,1-2H3,(H,20,21). The number of nitrogens with two attached hydrogens (primary N) is 1. The summed E-state index contributed by atoms with van der Waals surface area (Å²) in [5.74, 6) is 1.11. The normalized spacial score (nSPS) is 11.6. The molecule has 0 heterocycles. The molecule has 0 aliphatic carbocycles. The Labute approximate surface area is 136 Å². The Hall–Kier alpha value is -2.53. The second kappa shape index (κ2) is 8.19. The molecule has 2 rings (SSSR count). The lowest BCUT2D eigenvalue weighted by molar-refractivity contribution is -0.122. The predicted molar refractivity (Wildman–Crippen MR) is 89.5 cm³/mol. The first-order chi connectivity index (χ1) is 11.1. The second-order valence-electron chi connectivity index (χ2n) is 5.20. The van der Waals surface area contributed by atoms with Gasteiger partial charge >= 0.3 is 0 Å². The monoisotopic (exact) mass is 314 g/mol. The maximum atomic E-state index is 12.1. The molecule has 5 heteroatoms. The molecule has 2 aromatic rings. The van der Waals surface area contributed by atoms with Crippen LogP contribution in [0.5, 0.6) is 11.5 Å². The van der Waals surface area contributed by atoms with Crippen LogP contribution in [0.4, 0.5) is 0 Å². The molecule has 5 nitrogen and oxygen atoms in total. The fourth-order valence-electron chi connectivity index (χ4n) is 2.27. The molecule has 0 radical (unpaired) electrons. The molecule has 1 unspecified atom stereocenters. The Morgan fingerprint density at radius 1 is 1.04 bits per heavy atom. The van der Waals surface area contributed by atoms with E-state index in [0.29, 0.717) is 24.5 Å². The molecule has 0 spiro atoms. The van der Waals surface area contributed by atoms with E-state index in [1.165, 1.54) is 0 Å². The summed E-state index contributed by atoms with van der Waals surface area (Å²) in [5, 5.41) is 2.85. The number of amides is 1. The summed E-state index contributed by atoms with van der Waals surface area (Å²) in [6.45, 7) is 0.391. The average Bonchev–Trinajstić information content (AvgIpc) is 2.60. The van der Waals surface area contributed by atoms with Crippen molar-refractivity contribution in [2.75, 3.05) is 14.2 Å². The van der Waals surface area contributed by atoms with Gasteiger partial charge in [0.2, 0.25) is 5.91 Å². The SMILES string of the molecule is COc1ccc(CNC(=O)C(N)Cc2ccccc2)cc1OC. The van der Waals surface area contributed by atoms with Gasteiger partial charge in [-0.3, -0.25) is 4.79 Å². The molecular weight excluding hydrogens is 292 g/mol. The smallest absolute Gasteiger partial charge is 0.237 e. The first kappa shape index (κ1) is 16.8. The van der Waals surface area contributed by atoms with Gasteiger partial charge in [0.15, 0.2) is 11.5 Å². The van der Waals surface area contributed by atoms with Gasteiger partial charge in [0.25, 0.3) is 0 Å². The largest absolute Gasteiger partial charge is 0.493 e. The Morgan fingerprint density at radius 3 is 2.39 bits per heavy atom. The first-order valence-electron chi connectivity index (χ1n) is 7.42. The van der Waals surface area contributed by atoms with Crippen LogP contribution < -0.4 is 20.5 Å². The summed E-state index contributed by atoms with van der Waals surface area (Å²) in [6, 6.07) is 14.7. The van der Waals surface area contributed by atoms with Gasteiger partial charge in [0.05, 0.1) is 20.3 Å². The second-order valence-corrected chi connectivity index (χ2v) is 5.20. The number of nitrogens with one attached hydrogen (secondary N) is 1. The molecule has 0 fully saturated rings. The fourth-order valence-corrected chi connectivity index (χ4v) is 2.27. The number of rotatable bonds is 7. The Balaban J connectivity index is 1.91. The predicted octanol–water partition coefficient (Wildman–Crippen LogP) is 1.89. The van der Waals surface area contributed by atoms with E-state index in [1.54, 1.807) is 14.2 Å². The molecule has 0 aromatic heterocycles. The maximum absolute atomic E-state index is 12.1. The molecule has 1 amide bonds. The number of carbonyl (C=O) groups excluding carboxylic acids is 1. The molecule has 1 atom stereocenters. The quantitative estimate of drug-likeness (QED) is 0.818.